The van der Waals surface area contributed by atoms with Gasteiger partial charge in [0.05, 0.1) is 0 Å². The molecule has 0 radical (unpaired) electrons. The first-order valence-electron chi connectivity index (χ1n) is 6.62. The van der Waals surface area contributed by atoms with E-state index in [1.165, 1.54) is 0 Å². The minimum atomic E-state index is 0.0978. The van der Waals surface area contributed by atoms with Crippen molar-refractivity contribution < 1.29 is 5.11 Å². The van der Waals surface area contributed by atoms with Crippen molar-refractivity contribution in [3.63, 3.8) is 0 Å². The van der Waals surface area contributed by atoms with Gasteiger partial charge in [0.1, 0.15) is 5.52 Å². The van der Waals surface area contributed by atoms with Crippen LogP contribution in [0.2, 0.25) is 10.0 Å². The number of aryl methyl sites for hydroxylation is 1. The van der Waals surface area contributed by atoms with Gasteiger partial charge in [-0.3, -0.25) is 4.68 Å². The molecule has 0 aliphatic heterocycles. The molecule has 0 atom stereocenters. The average Bonchev–Trinajstić information content (AvgIpc) is 2.76. The topological polar surface area (TPSA) is 38.0 Å². The van der Waals surface area contributed by atoms with Crippen molar-refractivity contribution in [2.24, 2.45) is 7.05 Å². The van der Waals surface area contributed by atoms with E-state index in [1.807, 2.05) is 42.1 Å². The molecule has 3 rings (SSSR count). The van der Waals surface area contributed by atoms with Gasteiger partial charge in [0.15, 0.2) is 0 Å². The molecule has 0 saturated carbocycles. The summed E-state index contributed by atoms with van der Waals surface area (Å²) < 4.78 is 1.81. The number of benzene rings is 2. The zero-order chi connectivity index (χ0) is 15.0. The molecule has 5 heteroatoms. The van der Waals surface area contributed by atoms with Gasteiger partial charge in [-0.1, -0.05) is 47.5 Å². The number of rotatable bonds is 3. The molecule has 1 heterocycles. The number of aliphatic hydroxyl groups is 1. The molecule has 2 aromatic carbocycles. The number of aliphatic hydroxyl groups excluding tert-OH is 1. The van der Waals surface area contributed by atoms with Crippen molar-refractivity contribution in [1.29, 1.82) is 0 Å². The number of halogens is 2. The summed E-state index contributed by atoms with van der Waals surface area (Å²) in [6, 6.07) is 11.4. The summed E-state index contributed by atoms with van der Waals surface area (Å²) in [6.07, 6.45) is 0.574. The fourth-order valence-corrected chi connectivity index (χ4v) is 3.11. The van der Waals surface area contributed by atoms with Crippen LogP contribution in [0.4, 0.5) is 0 Å². The van der Waals surface area contributed by atoms with Crippen LogP contribution in [0.3, 0.4) is 0 Å². The molecule has 3 aromatic rings. The fraction of sp³-hybridized carbons (Fsp3) is 0.188. The normalized spacial score (nSPS) is 11.2. The third kappa shape index (κ3) is 2.53. The number of hydrogen-bond donors (Lipinski definition) is 1. The van der Waals surface area contributed by atoms with Crippen molar-refractivity contribution in [3.8, 4) is 11.1 Å². The van der Waals surface area contributed by atoms with Crippen LogP contribution < -0.4 is 0 Å². The monoisotopic (exact) mass is 320 g/mol. The van der Waals surface area contributed by atoms with E-state index < -0.39 is 0 Å². The highest BCUT2D eigenvalue weighted by Gasteiger charge is 2.14. The first kappa shape index (κ1) is 14.4. The molecule has 0 amide bonds. The van der Waals surface area contributed by atoms with Crippen LogP contribution >= 0.6 is 23.2 Å². The Morgan fingerprint density at radius 3 is 2.67 bits per heavy atom. The Bertz CT molecular complexity index is 811. The summed E-state index contributed by atoms with van der Waals surface area (Å²) in [4.78, 5) is 0. The molecule has 108 valence electrons. The Hall–Kier alpha value is -1.55. The van der Waals surface area contributed by atoms with E-state index in [9.17, 15) is 5.11 Å². The van der Waals surface area contributed by atoms with Crippen molar-refractivity contribution in [3.05, 3.63) is 52.1 Å². The SMILES string of the molecule is Cn1nc2c(-c3ccc(Cl)cc3Cl)cccc2c1CCO. The second-order valence-electron chi connectivity index (χ2n) is 4.87. The van der Waals surface area contributed by atoms with Gasteiger partial charge in [-0.2, -0.15) is 5.10 Å². The summed E-state index contributed by atoms with van der Waals surface area (Å²) in [6.45, 7) is 0.0978. The van der Waals surface area contributed by atoms with Gasteiger partial charge in [-0.05, 0) is 12.1 Å². The number of nitrogens with zero attached hydrogens (tertiary/aromatic N) is 2. The van der Waals surface area contributed by atoms with Crippen molar-refractivity contribution in [2.45, 2.75) is 6.42 Å². The van der Waals surface area contributed by atoms with Crippen LogP contribution in [0.1, 0.15) is 5.69 Å². The quantitative estimate of drug-likeness (QED) is 0.789. The minimum Gasteiger partial charge on any atom is -0.396 e. The van der Waals surface area contributed by atoms with Crippen molar-refractivity contribution >= 4 is 34.1 Å². The summed E-state index contributed by atoms with van der Waals surface area (Å²) in [5, 5.41) is 16.0. The lowest BCUT2D eigenvalue weighted by Gasteiger charge is -2.06. The predicted octanol–water partition coefficient (Wildman–Crippen LogP) is 4.08. The van der Waals surface area contributed by atoms with Gasteiger partial charge in [0, 0.05) is 52.3 Å². The summed E-state index contributed by atoms with van der Waals surface area (Å²) in [5.74, 6) is 0. The van der Waals surface area contributed by atoms with E-state index in [2.05, 4.69) is 5.10 Å². The third-order valence-electron chi connectivity index (χ3n) is 3.56. The number of hydrogen-bond acceptors (Lipinski definition) is 2. The first-order valence-corrected chi connectivity index (χ1v) is 7.38. The molecule has 3 nitrogen and oxygen atoms in total. The van der Waals surface area contributed by atoms with E-state index in [-0.39, 0.29) is 6.61 Å². The van der Waals surface area contributed by atoms with E-state index in [4.69, 9.17) is 23.2 Å². The Morgan fingerprint density at radius 2 is 1.95 bits per heavy atom. The molecule has 0 aliphatic carbocycles. The van der Waals surface area contributed by atoms with Gasteiger partial charge in [-0.15, -0.1) is 0 Å². The van der Waals surface area contributed by atoms with Crippen molar-refractivity contribution in [2.75, 3.05) is 6.61 Å². The number of aromatic nitrogens is 2. The zero-order valence-electron chi connectivity index (χ0n) is 11.5. The molecular weight excluding hydrogens is 307 g/mol. The maximum absolute atomic E-state index is 9.21. The maximum atomic E-state index is 9.21. The molecule has 1 N–H and O–H groups in total. The van der Waals surface area contributed by atoms with Crippen LogP contribution in [-0.4, -0.2) is 21.5 Å². The maximum Gasteiger partial charge on any atom is 0.100 e. The lowest BCUT2D eigenvalue weighted by Crippen LogP contribution is -2.00. The lowest BCUT2D eigenvalue weighted by molar-refractivity contribution is 0.296. The molecule has 0 saturated heterocycles. The average molecular weight is 321 g/mol. The van der Waals surface area contributed by atoms with Crippen LogP contribution in [0, 0.1) is 0 Å². The van der Waals surface area contributed by atoms with E-state index in [0.29, 0.717) is 16.5 Å². The van der Waals surface area contributed by atoms with Crippen LogP contribution in [-0.2, 0) is 13.5 Å². The van der Waals surface area contributed by atoms with E-state index in [0.717, 1.165) is 27.7 Å². The van der Waals surface area contributed by atoms with Gasteiger partial charge in [0.2, 0.25) is 0 Å². The van der Waals surface area contributed by atoms with E-state index >= 15 is 0 Å². The molecule has 1 aromatic heterocycles. The highest BCUT2D eigenvalue weighted by atomic mass is 35.5. The van der Waals surface area contributed by atoms with Gasteiger partial charge in [-0.25, -0.2) is 0 Å². The van der Waals surface area contributed by atoms with E-state index in [1.54, 1.807) is 6.07 Å². The summed E-state index contributed by atoms with van der Waals surface area (Å²) in [7, 11) is 1.89. The second kappa shape index (κ2) is 5.68. The third-order valence-corrected chi connectivity index (χ3v) is 4.11. The van der Waals surface area contributed by atoms with Gasteiger partial charge in [0.25, 0.3) is 0 Å². The first-order chi connectivity index (χ1) is 10.1. The minimum absolute atomic E-state index is 0.0978. The Kier molecular flexibility index (Phi) is 3.89. The smallest absolute Gasteiger partial charge is 0.100 e. The van der Waals surface area contributed by atoms with Crippen LogP contribution in [0.25, 0.3) is 22.0 Å². The fourth-order valence-electron chi connectivity index (χ4n) is 2.60. The molecule has 0 spiro atoms. The van der Waals surface area contributed by atoms with Crippen molar-refractivity contribution in [1.82, 2.24) is 9.78 Å². The zero-order valence-corrected chi connectivity index (χ0v) is 13.0. The van der Waals surface area contributed by atoms with Gasteiger partial charge >= 0.3 is 0 Å². The molecule has 0 aliphatic rings. The molecule has 21 heavy (non-hydrogen) atoms. The number of fused-ring (bicyclic) bond motifs is 1. The standard InChI is InChI=1S/C16H14Cl2N2O/c1-20-15(7-8-21)13-4-2-3-12(16(13)19-20)11-6-5-10(17)9-14(11)18/h2-6,9,21H,7-8H2,1H3. The summed E-state index contributed by atoms with van der Waals surface area (Å²) in [5.41, 5.74) is 3.77. The lowest BCUT2D eigenvalue weighted by atomic mass is 10.0. The second-order valence-corrected chi connectivity index (χ2v) is 5.71. The van der Waals surface area contributed by atoms with Crippen LogP contribution in [0.5, 0.6) is 0 Å². The molecule has 0 bridgehead atoms. The predicted molar refractivity (Wildman–Crippen MR) is 87.0 cm³/mol. The van der Waals surface area contributed by atoms with Crippen LogP contribution in [0.15, 0.2) is 36.4 Å². The Balaban J connectivity index is 2.26. The Morgan fingerprint density at radius 1 is 1.14 bits per heavy atom. The molecule has 0 fully saturated rings. The highest BCUT2D eigenvalue weighted by molar-refractivity contribution is 6.36. The summed E-state index contributed by atoms with van der Waals surface area (Å²) >= 11 is 12.3. The molecular formula is C16H14Cl2N2O. The largest absolute Gasteiger partial charge is 0.396 e. The Labute approximate surface area is 132 Å². The molecule has 0 unspecified atom stereocenters. The van der Waals surface area contributed by atoms with Gasteiger partial charge < -0.3 is 5.11 Å². The highest BCUT2D eigenvalue weighted by Crippen LogP contribution is 2.35.